The molecule has 1 N–H and O–H groups in total. The minimum absolute atomic E-state index is 0.0475. The van der Waals surface area contributed by atoms with Gasteiger partial charge in [-0.2, -0.15) is 0 Å². The van der Waals surface area contributed by atoms with Crippen LogP contribution < -0.4 is 0 Å². The predicted molar refractivity (Wildman–Crippen MR) is 107 cm³/mol. The molecule has 4 aliphatic carbocycles. The third-order valence-corrected chi connectivity index (χ3v) is 8.76. The molecule has 1 aliphatic heterocycles. The Bertz CT molecular complexity index is 897. The Morgan fingerprint density at radius 3 is 2.83 bits per heavy atom. The summed E-state index contributed by atoms with van der Waals surface area (Å²) in [6.07, 6.45) is 9.57. The number of ketones is 1. The first kappa shape index (κ1) is 19.1. The third-order valence-electron chi connectivity index (χ3n) is 8.76. The van der Waals surface area contributed by atoms with Crippen molar-refractivity contribution in [3.05, 3.63) is 35.1 Å². The van der Waals surface area contributed by atoms with Gasteiger partial charge in [-0.1, -0.05) is 25.5 Å². The van der Waals surface area contributed by atoms with Crippen molar-refractivity contribution >= 4 is 11.8 Å². The van der Waals surface area contributed by atoms with Crippen LogP contribution in [0, 0.1) is 28.6 Å². The highest BCUT2D eigenvalue weighted by atomic mass is 16.6. The summed E-state index contributed by atoms with van der Waals surface area (Å²) < 4.78 is 11.6. The van der Waals surface area contributed by atoms with Crippen LogP contribution in [0.15, 0.2) is 35.1 Å². The van der Waals surface area contributed by atoms with E-state index in [0.717, 1.165) is 31.3 Å². The van der Waals surface area contributed by atoms with Crippen molar-refractivity contribution < 1.29 is 24.2 Å². The largest absolute Gasteiger partial charge is 0.509 e. The molecule has 0 radical (unpaired) electrons. The molecule has 0 unspecified atom stereocenters. The van der Waals surface area contributed by atoms with Crippen LogP contribution in [-0.2, 0) is 19.1 Å². The average Bonchev–Trinajstić information content (AvgIpc) is 3.29. The van der Waals surface area contributed by atoms with Crippen molar-refractivity contribution in [2.75, 3.05) is 6.61 Å². The maximum Gasteiger partial charge on any atom is 0.303 e. The van der Waals surface area contributed by atoms with Crippen LogP contribution in [0.4, 0.5) is 0 Å². The highest BCUT2D eigenvalue weighted by molar-refractivity contribution is 6.01. The number of aliphatic hydroxyl groups excluding tert-OH is 1. The van der Waals surface area contributed by atoms with Gasteiger partial charge in [0.05, 0.1) is 6.10 Å². The van der Waals surface area contributed by atoms with Crippen molar-refractivity contribution in [1.82, 2.24) is 0 Å². The summed E-state index contributed by atoms with van der Waals surface area (Å²) in [6, 6.07) is 0. The molecule has 29 heavy (non-hydrogen) atoms. The monoisotopic (exact) mass is 398 g/mol. The standard InChI is InChI=1S/C24H30O5/c1-13-9-18-17-6-5-15-10-16(26)7-8-23(15,4)24(17)20(29-24)11-22(18,3)21(13)19(27)12-28-14(2)25/h7-8,10,13,17-18,20,27H,5-6,9,11-12H2,1-4H3/b21-19-/t13-,17+,18+,20+,22+,23+,24-/m1/s1. The number of carbonyl (C=O) groups excluding carboxylic acids is 2. The molecule has 0 bridgehead atoms. The molecule has 7 atom stereocenters. The molecule has 5 heteroatoms. The molecule has 5 nitrogen and oxygen atoms in total. The van der Waals surface area contributed by atoms with Crippen LogP contribution in [0.5, 0.6) is 0 Å². The van der Waals surface area contributed by atoms with Gasteiger partial charge in [0.25, 0.3) is 0 Å². The minimum Gasteiger partial charge on any atom is -0.509 e. The van der Waals surface area contributed by atoms with Gasteiger partial charge in [-0.15, -0.1) is 0 Å². The Morgan fingerprint density at radius 2 is 2.10 bits per heavy atom. The van der Waals surface area contributed by atoms with Crippen molar-refractivity contribution in [1.29, 1.82) is 0 Å². The van der Waals surface area contributed by atoms with Crippen LogP contribution in [0.3, 0.4) is 0 Å². The molecule has 156 valence electrons. The zero-order valence-electron chi connectivity index (χ0n) is 17.7. The first-order valence-electron chi connectivity index (χ1n) is 10.8. The van der Waals surface area contributed by atoms with Gasteiger partial charge >= 0.3 is 5.97 Å². The lowest BCUT2D eigenvalue weighted by Gasteiger charge is -2.53. The third kappa shape index (κ3) is 2.31. The first-order chi connectivity index (χ1) is 13.6. The Balaban J connectivity index is 1.53. The molecular weight excluding hydrogens is 368 g/mol. The van der Waals surface area contributed by atoms with Crippen molar-refractivity contribution in [3.8, 4) is 0 Å². The molecule has 1 heterocycles. The lowest BCUT2D eigenvalue weighted by Crippen LogP contribution is -2.56. The maximum absolute atomic E-state index is 12.0. The first-order valence-corrected chi connectivity index (χ1v) is 10.8. The number of aliphatic hydroxyl groups is 1. The van der Waals surface area contributed by atoms with Gasteiger partial charge in [0, 0.05) is 12.3 Å². The van der Waals surface area contributed by atoms with Crippen LogP contribution in [0.2, 0.25) is 0 Å². The number of rotatable bonds is 2. The number of fused-ring (bicyclic) bond motifs is 3. The number of esters is 1. The van der Waals surface area contributed by atoms with E-state index in [2.05, 4.69) is 26.8 Å². The second kappa shape index (κ2) is 5.84. The van der Waals surface area contributed by atoms with E-state index in [9.17, 15) is 14.7 Å². The number of carbonyl (C=O) groups is 2. The quantitative estimate of drug-likeness (QED) is 0.431. The number of hydrogen-bond donors (Lipinski definition) is 1. The van der Waals surface area contributed by atoms with Crippen molar-refractivity contribution in [2.24, 2.45) is 28.6 Å². The van der Waals surface area contributed by atoms with E-state index in [4.69, 9.17) is 9.47 Å². The predicted octanol–water partition coefficient (Wildman–Crippen LogP) is 4.05. The van der Waals surface area contributed by atoms with Crippen LogP contribution >= 0.6 is 0 Å². The van der Waals surface area contributed by atoms with Gasteiger partial charge in [0.1, 0.15) is 18.0 Å². The summed E-state index contributed by atoms with van der Waals surface area (Å²) in [6.45, 7) is 8.00. The van der Waals surface area contributed by atoms with Crippen molar-refractivity contribution in [3.63, 3.8) is 0 Å². The van der Waals surface area contributed by atoms with E-state index in [1.807, 2.05) is 6.08 Å². The van der Waals surface area contributed by atoms with Gasteiger partial charge < -0.3 is 14.6 Å². The van der Waals surface area contributed by atoms with E-state index in [0.29, 0.717) is 11.8 Å². The highest BCUT2D eigenvalue weighted by Gasteiger charge is 2.78. The van der Waals surface area contributed by atoms with E-state index >= 15 is 0 Å². The summed E-state index contributed by atoms with van der Waals surface area (Å²) in [7, 11) is 0. The fourth-order valence-electron chi connectivity index (χ4n) is 7.66. The maximum atomic E-state index is 12.0. The van der Waals surface area contributed by atoms with E-state index in [-0.39, 0.29) is 52.6 Å². The van der Waals surface area contributed by atoms with E-state index in [1.54, 1.807) is 6.08 Å². The number of ether oxygens (including phenoxy) is 2. The Labute approximate surface area is 171 Å². The molecule has 0 amide bonds. The fraction of sp³-hybridized carbons (Fsp3) is 0.667. The summed E-state index contributed by atoms with van der Waals surface area (Å²) in [4.78, 5) is 23.2. The minimum atomic E-state index is -0.379. The van der Waals surface area contributed by atoms with Crippen LogP contribution in [-0.4, -0.2) is 35.2 Å². The molecule has 1 saturated heterocycles. The van der Waals surface area contributed by atoms with Gasteiger partial charge in [-0.3, -0.25) is 9.59 Å². The van der Waals surface area contributed by atoms with Gasteiger partial charge in [0.15, 0.2) is 5.78 Å². The summed E-state index contributed by atoms with van der Waals surface area (Å²) in [5.74, 6) is 0.985. The average molecular weight is 398 g/mol. The number of hydrogen-bond acceptors (Lipinski definition) is 5. The second-order valence-electron chi connectivity index (χ2n) is 10.2. The summed E-state index contributed by atoms with van der Waals surface area (Å²) in [5, 5.41) is 10.8. The molecule has 3 saturated carbocycles. The zero-order chi connectivity index (χ0) is 20.8. The molecule has 5 rings (SSSR count). The topological polar surface area (TPSA) is 76.1 Å². The lowest BCUT2D eigenvalue weighted by atomic mass is 9.48. The lowest BCUT2D eigenvalue weighted by molar-refractivity contribution is -0.140. The fourth-order valence-corrected chi connectivity index (χ4v) is 7.66. The van der Waals surface area contributed by atoms with Crippen molar-refractivity contribution in [2.45, 2.75) is 65.1 Å². The molecule has 0 aromatic rings. The SMILES string of the molecule is CC(=O)OC/C(O)=C1\[C@H](C)C[C@H]2[C@@H]3CCC4=CC(=O)C=C[C@]4(C)[C@@]34O[C@H]4C[C@]12C. The molecule has 1 spiro atoms. The summed E-state index contributed by atoms with van der Waals surface area (Å²) >= 11 is 0. The van der Waals surface area contributed by atoms with E-state index in [1.165, 1.54) is 12.5 Å². The number of epoxide rings is 1. The highest BCUT2D eigenvalue weighted by Crippen LogP contribution is 2.75. The Hall–Kier alpha value is -1.88. The molecule has 4 fully saturated rings. The van der Waals surface area contributed by atoms with Crippen LogP contribution in [0.1, 0.15) is 53.4 Å². The van der Waals surface area contributed by atoms with Gasteiger partial charge in [-0.25, -0.2) is 0 Å². The molecular formula is C24H30O5. The normalized spacial score (nSPS) is 48.7. The Kier molecular flexibility index (Phi) is 3.85. The van der Waals surface area contributed by atoms with Gasteiger partial charge in [0.2, 0.25) is 0 Å². The molecule has 0 aromatic heterocycles. The molecule has 0 aromatic carbocycles. The smallest absolute Gasteiger partial charge is 0.303 e. The second-order valence-corrected chi connectivity index (χ2v) is 10.2. The number of allylic oxidation sites excluding steroid dienone is 3. The Morgan fingerprint density at radius 1 is 1.34 bits per heavy atom. The van der Waals surface area contributed by atoms with Crippen LogP contribution in [0.25, 0.3) is 0 Å². The van der Waals surface area contributed by atoms with Gasteiger partial charge in [-0.05, 0) is 73.5 Å². The van der Waals surface area contributed by atoms with E-state index < -0.39 is 0 Å². The summed E-state index contributed by atoms with van der Waals surface area (Å²) in [5.41, 5.74) is 1.68. The zero-order valence-corrected chi connectivity index (χ0v) is 17.7. The molecule has 5 aliphatic rings.